The van der Waals surface area contributed by atoms with E-state index in [4.69, 9.17) is 5.84 Å². The first-order valence-electron chi connectivity index (χ1n) is 6.30. The molecular formula is C14H15BrN4S. The molecule has 104 valence electrons. The molecule has 0 bridgehead atoms. The van der Waals surface area contributed by atoms with Crippen LogP contribution in [0.1, 0.15) is 16.6 Å². The number of aryl methyl sites for hydroxylation is 1. The number of hydrazine groups is 1. The van der Waals surface area contributed by atoms with Crippen molar-refractivity contribution in [3.8, 4) is 0 Å². The molecule has 3 rings (SSSR count). The third kappa shape index (κ3) is 2.40. The van der Waals surface area contributed by atoms with E-state index in [9.17, 15) is 0 Å². The van der Waals surface area contributed by atoms with Crippen LogP contribution in [0.2, 0.25) is 0 Å². The van der Waals surface area contributed by atoms with Gasteiger partial charge in [0.2, 0.25) is 0 Å². The van der Waals surface area contributed by atoms with Gasteiger partial charge in [0.05, 0.1) is 17.3 Å². The second-order valence-corrected chi connectivity index (χ2v) is 6.45. The van der Waals surface area contributed by atoms with Gasteiger partial charge in [0, 0.05) is 28.2 Å². The largest absolute Gasteiger partial charge is 0.271 e. The fraction of sp³-hybridized carbons (Fsp3) is 0.214. The Kier molecular flexibility index (Phi) is 3.89. The summed E-state index contributed by atoms with van der Waals surface area (Å²) < 4.78 is 3.01. The fourth-order valence-electron chi connectivity index (χ4n) is 2.41. The number of hydrogen-bond donors (Lipinski definition) is 2. The Hall–Kier alpha value is -1.21. The van der Waals surface area contributed by atoms with E-state index < -0.39 is 0 Å². The van der Waals surface area contributed by atoms with Crippen LogP contribution in [0.15, 0.2) is 40.2 Å². The van der Waals surface area contributed by atoms with Gasteiger partial charge in [-0.3, -0.25) is 16.0 Å². The Labute approximate surface area is 129 Å². The van der Waals surface area contributed by atoms with Crippen LogP contribution in [-0.2, 0) is 13.5 Å². The van der Waals surface area contributed by atoms with E-state index in [0.29, 0.717) is 0 Å². The Morgan fingerprint density at radius 3 is 2.90 bits per heavy atom. The standard InChI is InChI=1S/C14H15BrN4S/c1-19-13-5-3-2-4-9(13)11(18-19)8-12(17-16)14-10(15)6-7-20-14/h2-7,12,17H,8,16H2,1H3. The van der Waals surface area contributed by atoms with Crippen molar-refractivity contribution < 1.29 is 0 Å². The van der Waals surface area contributed by atoms with Crippen molar-refractivity contribution in [3.63, 3.8) is 0 Å². The zero-order chi connectivity index (χ0) is 14.1. The fourth-order valence-corrected chi connectivity index (χ4v) is 4.12. The van der Waals surface area contributed by atoms with Gasteiger partial charge in [-0.15, -0.1) is 11.3 Å². The number of para-hydroxylation sites is 1. The van der Waals surface area contributed by atoms with Crippen LogP contribution in [0.25, 0.3) is 10.9 Å². The smallest absolute Gasteiger partial charge is 0.0723 e. The monoisotopic (exact) mass is 350 g/mol. The lowest BCUT2D eigenvalue weighted by Gasteiger charge is -2.13. The summed E-state index contributed by atoms with van der Waals surface area (Å²) in [5.41, 5.74) is 5.10. The molecule has 3 aromatic rings. The lowest BCUT2D eigenvalue weighted by molar-refractivity contribution is 0.549. The first-order valence-corrected chi connectivity index (χ1v) is 7.97. The number of benzene rings is 1. The minimum absolute atomic E-state index is 0.0580. The highest BCUT2D eigenvalue weighted by atomic mass is 79.9. The normalized spacial score (nSPS) is 12.9. The van der Waals surface area contributed by atoms with Crippen molar-refractivity contribution in [1.29, 1.82) is 0 Å². The number of aromatic nitrogens is 2. The molecule has 2 aromatic heterocycles. The molecule has 0 radical (unpaired) electrons. The van der Waals surface area contributed by atoms with Gasteiger partial charge in [-0.1, -0.05) is 18.2 Å². The number of thiophene rings is 1. The molecule has 1 unspecified atom stereocenters. The van der Waals surface area contributed by atoms with Crippen LogP contribution < -0.4 is 11.3 Å². The van der Waals surface area contributed by atoms with Crippen molar-refractivity contribution in [1.82, 2.24) is 15.2 Å². The molecule has 4 nitrogen and oxygen atoms in total. The summed E-state index contributed by atoms with van der Waals surface area (Å²) in [6.07, 6.45) is 0.761. The third-order valence-electron chi connectivity index (χ3n) is 3.39. The van der Waals surface area contributed by atoms with Crippen LogP contribution in [0.4, 0.5) is 0 Å². The Balaban J connectivity index is 1.98. The maximum Gasteiger partial charge on any atom is 0.0723 e. The van der Waals surface area contributed by atoms with Crippen LogP contribution in [0.3, 0.4) is 0 Å². The average molecular weight is 351 g/mol. The van der Waals surface area contributed by atoms with Crippen molar-refractivity contribution >= 4 is 38.2 Å². The molecule has 0 spiro atoms. The van der Waals surface area contributed by atoms with E-state index in [1.807, 2.05) is 29.9 Å². The summed E-state index contributed by atoms with van der Waals surface area (Å²) in [7, 11) is 1.97. The van der Waals surface area contributed by atoms with E-state index in [1.54, 1.807) is 11.3 Å². The highest BCUT2D eigenvalue weighted by Crippen LogP contribution is 2.31. The molecule has 0 aliphatic heterocycles. The second kappa shape index (κ2) is 5.65. The average Bonchev–Trinajstić information content (AvgIpc) is 3.01. The number of nitrogens with zero attached hydrogens (tertiary/aromatic N) is 2. The van der Waals surface area contributed by atoms with Gasteiger partial charge in [0.25, 0.3) is 0 Å². The molecule has 6 heteroatoms. The minimum Gasteiger partial charge on any atom is -0.271 e. The van der Waals surface area contributed by atoms with Gasteiger partial charge in [-0.2, -0.15) is 5.10 Å². The van der Waals surface area contributed by atoms with Crippen molar-refractivity contribution in [2.75, 3.05) is 0 Å². The molecule has 0 saturated carbocycles. The van der Waals surface area contributed by atoms with E-state index in [1.165, 1.54) is 10.3 Å². The number of hydrogen-bond acceptors (Lipinski definition) is 4. The van der Waals surface area contributed by atoms with Gasteiger partial charge in [0.15, 0.2) is 0 Å². The van der Waals surface area contributed by atoms with Crippen molar-refractivity contribution in [2.45, 2.75) is 12.5 Å². The van der Waals surface area contributed by atoms with Gasteiger partial charge in [-0.05, 0) is 33.4 Å². The van der Waals surface area contributed by atoms with E-state index >= 15 is 0 Å². The number of nitrogens with two attached hydrogens (primary N) is 1. The van der Waals surface area contributed by atoms with E-state index in [2.05, 4.69) is 44.0 Å². The number of nitrogens with one attached hydrogen (secondary N) is 1. The van der Waals surface area contributed by atoms with Crippen molar-refractivity contribution in [2.24, 2.45) is 12.9 Å². The van der Waals surface area contributed by atoms with Crippen LogP contribution in [0, 0.1) is 0 Å². The van der Waals surface area contributed by atoms with Crippen LogP contribution in [0.5, 0.6) is 0 Å². The molecule has 3 N–H and O–H groups in total. The maximum absolute atomic E-state index is 5.73. The van der Waals surface area contributed by atoms with E-state index in [-0.39, 0.29) is 6.04 Å². The lowest BCUT2D eigenvalue weighted by atomic mass is 10.1. The zero-order valence-electron chi connectivity index (χ0n) is 11.0. The first kappa shape index (κ1) is 13.8. The molecule has 0 aliphatic rings. The Morgan fingerprint density at radius 2 is 2.20 bits per heavy atom. The summed E-state index contributed by atoms with van der Waals surface area (Å²) in [5.74, 6) is 5.73. The molecule has 20 heavy (non-hydrogen) atoms. The molecule has 0 saturated heterocycles. The molecule has 0 amide bonds. The molecular weight excluding hydrogens is 336 g/mol. The third-order valence-corrected chi connectivity index (χ3v) is 5.38. The van der Waals surface area contributed by atoms with Crippen LogP contribution >= 0.6 is 27.3 Å². The zero-order valence-corrected chi connectivity index (χ0v) is 13.4. The van der Waals surface area contributed by atoms with Gasteiger partial charge >= 0.3 is 0 Å². The topological polar surface area (TPSA) is 55.9 Å². The first-order chi connectivity index (χ1) is 9.70. The molecule has 1 atom stereocenters. The quantitative estimate of drug-likeness (QED) is 0.561. The number of halogens is 1. The summed E-state index contributed by atoms with van der Waals surface area (Å²) in [4.78, 5) is 1.20. The van der Waals surface area contributed by atoms with Gasteiger partial charge < -0.3 is 0 Å². The molecule has 0 fully saturated rings. The summed E-state index contributed by atoms with van der Waals surface area (Å²) in [6.45, 7) is 0. The summed E-state index contributed by atoms with van der Waals surface area (Å²) in [6, 6.07) is 10.4. The van der Waals surface area contributed by atoms with Gasteiger partial charge in [0.1, 0.15) is 0 Å². The maximum atomic E-state index is 5.73. The van der Waals surface area contributed by atoms with E-state index in [0.717, 1.165) is 22.1 Å². The molecule has 1 aromatic carbocycles. The van der Waals surface area contributed by atoms with Crippen molar-refractivity contribution in [3.05, 3.63) is 50.8 Å². The molecule has 0 aliphatic carbocycles. The SMILES string of the molecule is Cn1nc(CC(NN)c2sccc2Br)c2ccccc21. The number of fused-ring (bicyclic) bond motifs is 1. The Bertz CT molecular complexity index is 734. The highest BCUT2D eigenvalue weighted by molar-refractivity contribution is 9.10. The van der Waals surface area contributed by atoms with Crippen LogP contribution in [-0.4, -0.2) is 9.78 Å². The highest BCUT2D eigenvalue weighted by Gasteiger charge is 2.18. The second-order valence-electron chi connectivity index (χ2n) is 4.64. The molecule has 2 heterocycles. The lowest BCUT2D eigenvalue weighted by Crippen LogP contribution is -2.29. The van der Waals surface area contributed by atoms with Gasteiger partial charge in [-0.25, -0.2) is 0 Å². The summed E-state index contributed by atoms with van der Waals surface area (Å²) in [5, 5.41) is 7.87. The Morgan fingerprint density at radius 1 is 1.40 bits per heavy atom. The predicted molar refractivity (Wildman–Crippen MR) is 86.5 cm³/mol. The number of rotatable bonds is 4. The summed E-state index contributed by atoms with van der Waals surface area (Å²) >= 11 is 5.25. The predicted octanol–water partition coefficient (Wildman–Crippen LogP) is 3.14. The minimum atomic E-state index is 0.0580.